The van der Waals surface area contributed by atoms with Gasteiger partial charge in [0.15, 0.2) is 0 Å². The number of rotatable bonds is 5. The molecule has 0 fully saturated rings. The zero-order chi connectivity index (χ0) is 12.8. The molecule has 17 heavy (non-hydrogen) atoms. The molecule has 0 aliphatic heterocycles. The van der Waals surface area contributed by atoms with Gasteiger partial charge in [-0.2, -0.15) is 0 Å². The monoisotopic (exact) mass is 241 g/mol. The van der Waals surface area contributed by atoms with Crippen LogP contribution in [0.4, 0.5) is 0 Å². The Bertz CT molecular complexity index is 310. The lowest BCUT2D eigenvalue weighted by molar-refractivity contribution is -0.147. The van der Waals surface area contributed by atoms with Crippen LogP contribution in [0.2, 0.25) is 0 Å². The molecule has 0 aromatic rings. The summed E-state index contributed by atoms with van der Waals surface area (Å²) in [4.78, 5) is 23.0. The Hall–Kier alpha value is -1.36. The van der Waals surface area contributed by atoms with Crippen LogP contribution < -0.4 is 5.32 Å². The minimum atomic E-state index is -0.938. The zero-order valence-electron chi connectivity index (χ0n) is 9.93. The molecule has 0 bridgehead atoms. The molecule has 3 atom stereocenters. The molecule has 0 saturated carbocycles. The fourth-order valence-electron chi connectivity index (χ4n) is 1.96. The summed E-state index contributed by atoms with van der Waals surface area (Å²) >= 11 is 0. The van der Waals surface area contributed by atoms with E-state index in [-0.39, 0.29) is 18.6 Å². The number of nitrogens with one attached hydrogen (secondary N) is 1. The molecule has 96 valence electrons. The first-order chi connectivity index (χ1) is 8.10. The second-order valence-electron chi connectivity index (χ2n) is 4.29. The molecule has 5 nitrogen and oxygen atoms in total. The van der Waals surface area contributed by atoms with Crippen LogP contribution >= 0.6 is 0 Å². The topological polar surface area (TPSA) is 86.6 Å². The highest BCUT2D eigenvalue weighted by Crippen LogP contribution is 2.26. The summed E-state index contributed by atoms with van der Waals surface area (Å²) in [5.41, 5.74) is 0. The van der Waals surface area contributed by atoms with E-state index in [4.69, 9.17) is 10.2 Å². The molecule has 2 unspecified atom stereocenters. The van der Waals surface area contributed by atoms with Gasteiger partial charge in [0.05, 0.1) is 24.5 Å². The second kappa shape index (κ2) is 6.39. The Morgan fingerprint density at radius 1 is 1.35 bits per heavy atom. The van der Waals surface area contributed by atoms with Crippen molar-refractivity contribution in [2.45, 2.75) is 32.2 Å². The van der Waals surface area contributed by atoms with Gasteiger partial charge in [-0.05, 0) is 19.3 Å². The second-order valence-corrected chi connectivity index (χ2v) is 4.29. The Balaban J connectivity index is 2.66. The van der Waals surface area contributed by atoms with E-state index in [1.54, 1.807) is 6.08 Å². The minimum Gasteiger partial charge on any atom is -0.481 e. The van der Waals surface area contributed by atoms with Crippen molar-refractivity contribution in [3.8, 4) is 0 Å². The number of aliphatic hydroxyl groups excluding tert-OH is 1. The third kappa shape index (κ3) is 3.56. The largest absolute Gasteiger partial charge is 0.481 e. The third-order valence-corrected chi connectivity index (χ3v) is 3.15. The van der Waals surface area contributed by atoms with Gasteiger partial charge in [0.2, 0.25) is 5.91 Å². The quantitative estimate of drug-likeness (QED) is 0.613. The normalized spacial score (nSPS) is 25.3. The molecule has 3 N–H and O–H groups in total. The van der Waals surface area contributed by atoms with E-state index in [9.17, 15) is 9.59 Å². The number of aliphatic hydroxyl groups is 1. The molecule has 0 heterocycles. The van der Waals surface area contributed by atoms with Crippen LogP contribution in [0.1, 0.15) is 26.2 Å². The van der Waals surface area contributed by atoms with Gasteiger partial charge in [0.1, 0.15) is 0 Å². The van der Waals surface area contributed by atoms with E-state index in [1.807, 2.05) is 13.0 Å². The van der Waals surface area contributed by atoms with Crippen molar-refractivity contribution in [1.29, 1.82) is 0 Å². The molecule has 0 aromatic heterocycles. The smallest absolute Gasteiger partial charge is 0.307 e. The number of hydrogen-bond donors (Lipinski definition) is 3. The van der Waals surface area contributed by atoms with E-state index in [1.165, 1.54) is 0 Å². The summed E-state index contributed by atoms with van der Waals surface area (Å²) in [6, 6.07) is -0.289. The number of aliphatic carboxylic acids is 1. The molecule has 0 spiro atoms. The van der Waals surface area contributed by atoms with Crippen molar-refractivity contribution in [2.24, 2.45) is 11.8 Å². The molecule has 5 heteroatoms. The molecule has 0 saturated heterocycles. The van der Waals surface area contributed by atoms with Crippen molar-refractivity contribution in [2.75, 3.05) is 6.61 Å². The summed E-state index contributed by atoms with van der Waals surface area (Å²) in [7, 11) is 0. The lowest BCUT2D eigenvalue weighted by Crippen LogP contribution is -2.44. The zero-order valence-corrected chi connectivity index (χ0v) is 9.93. The van der Waals surface area contributed by atoms with E-state index < -0.39 is 17.8 Å². The molecule has 0 radical (unpaired) electrons. The molecule has 1 aliphatic rings. The van der Waals surface area contributed by atoms with Crippen LogP contribution in [0.5, 0.6) is 0 Å². The van der Waals surface area contributed by atoms with Crippen LogP contribution in [0.15, 0.2) is 12.2 Å². The summed E-state index contributed by atoms with van der Waals surface area (Å²) in [5.74, 6) is -2.40. The van der Waals surface area contributed by atoms with Crippen molar-refractivity contribution >= 4 is 11.9 Å². The first kappa shape index (κ1) is 13.7. The van der Waals surface area contributed by atoms with Crippen molar-refractivity contribution < 1.29 is 19.8 Å². The fraction of sp³-hybridized carbons (Fsp3) is 0.667. The third-order valence-electron chi connectivity index (χ3n) is 3.15. The highest BCUT2D eigenvalue weighted by molar-refractivity contribution is 5.85. The van der Waals surface area contributed by atoms with Gasteiger partial charge in [0, 0.05) is 0 Å². The van der Waals surface area contributed by atoms with Crippen molar-refractivity contribution in [3.05, 3.63) is 12.2 Å². The van der Waals surface area contributed by atoms with Gasteiger partial charge in [-0.1, -0.05) is 19.1 Å². The standard InChI is InChI=1S/C12H19NO4/c1-2-8(7-14)13-11(15)9-5-3-4-6-10(9)12(16)17/h3-4,8-10,14H,2,5-7H2,1H3,(H,13,15)(H,16,17)/t8-,9?,10?/m0/s1. The predicted octanol–water partition coefficient (Wildman–Crippen LogP) is 0.541. The van der Waals surface area contributed by atoms with Gasteiger partial charge < -0.3 is 15.5 Å². The fourth-order valence-corrected chi connectivity index (χ4v) is 1.96. The number of carboxylic acids is 1. The SMILES string of the molecule is CC[C@@H](CO)NC(=O)C1CC=CCC1C(=O)O. The molecule has 1 aliphatic carbocycles. The maximum atomic E-state index is 11.9. The number of amides is 1. The predicted molar refractivity (Wildman–Crippen MR) is 62.3 cm³/mol. The summed E-state index contributed by atoms with van der Waals surface area (Å²) in [6.07, 6.45) is 5.10. The van der Waals surface area contributed by atoms with E-state index in [2.05, 4.69) is 5.32 Å². The van der Waals surface area contributed by atoms with Gasteiger partial charge in [-0.15, -0.1) is 0 Å². The lowest BCUT2D eigenvalue weighted by Gasteiger charge is -2.26. The first-order valence-corrected chi connectivity index (χ1v) is 5.89. The van der Waals surface area contributed by atoms with E-state index in [0.29, 0.717) is 19.3 Å². The maximum absolute atomic E-state index is 11.9. The molecule has 1 amide bonds. The lowest BCUT2D eigenvalue weighted by atomic mass is 9.82. The Kier molecular flexibility index (Phi) is 5.15. The Labute approximate surface area is 101 Å². The highest BCUT2D eigenvalue weighted by Gasteiger charge is 2.34. The summed E-state index contributed by atoms with van der Waals surface area (Å²) in [5, 5.41) is 20.7. The number of carbonyl (C=O) groups is 2. The molecule has 1 rings (SSSR count). The van der Waals surface area contributed by atoms with Gasteiger partial charge >= 0.3 is 5.97 Å². The number of carboxylic acid groups (broad SMARTS) is 1. The number of allylic oxidation sites excluding steroid dienone is 2. The Morgan fingerprint density at radius 2 is 1.94 bits per heavy atom. The number of carbonyl (C=O) groups excluding carboxylic acids is 1. The molecular formula is C12H19NO4. The van der Waals surface area contributed by atoms with Gasteiger partial charge in [-0.25, -0.2) is 0 Å². The van der Waals surface area contributed by atoms with Crippen LogP contribution in [-0.4, -0.2) is 34.7 Å². The van der Waals surface area contributed by atoms with Crippen LogP contribution in [-0.2, 0) is 9.59 Å². The van der Waals surface area contributed by atoms with Crippen LogP contribution in [0.25, 0.3) is 0 Å². The number of hydrogen-bond acceptors (Lipinski definition) is 3. The van der Waals surface area contributed by atoms with Crippen LogP contribution in [0.3, 0.4) is 0 Å². The van der Waals surface area contributed by atoms with Gasteiger partial charge in [-0.3, -0.25) is 9.59 Å². The van der Waals surface area contributed by atoms with E-state index >= 15 is 0 Å². The van der Waals surface area contributed by atoms with E-state index in [0.717, 1.165) is 0 Å². The van der Waals surface area contributed by atoms with Gasteiger partial charge in [0.25, 0.3) is 0 Å². The average molecular weight is 241 g/mol. The van der Waals surface area contributed by atoms with Crippen molar-refractivity contribution in [3.63, 3.8) is 0 Å². The van der Waals surface area contributed by atoms with Crippen molar-refractivity contribution in [1.82, 2.24) is 5.32 Å². The summed E-state index contributed by atoms with van der Waals surface area (Å²) in [6.45, 7) is 1.74. The highest BCUT2D eigenvalue weighted by atomic mass is 16.4. The maximum Gasteiger partial charge on any atom is 0.307 e. The van der Waals surface area contributed by atoms with Crippen LogP contribution in [0, 0.1) is 11.8 Å². The summed E-state index contributed by atoms with van der Waals surface area (Å²) < 4.78 is 0. The Morgan fingerprint density at radius 3 is 2.41 bits per heavy atom. The average Bonchev–Trinajstić information content (AvgIpc) is 2.35. The first-order valence-electron chi connectivity index (χ1n) is 5.89. The molecule has 0 aromatic carbocycles. The molecular weight excluding hydrogens is 222 g/mol. The minimum absolute atomic E-state index is 0.122.